The Labute approximate surface area is 161 Å². The fourth-order valence-electron chi connectivity index (χ4n) is 3.12. The Bertz CT molecular complexity index is 785. The zero-order chi connectivity index (χ0) is 17.0. The predicted octanol–water partition coefficient (Wildman–Crippen LogP) is 0.272. The van der Waals surface area contributed by atoms with Gasteiger partial charge in [0.05, 0.1) is 34.1 Å². The molecule has 0 saturated heterocycles. The quantitative estimate of drug-likeness (QED) is 0.396. The van der Waals surface area contributed by atoms with E-state index in [9.17, 15) is 0 Å². The van der Waals surface area contributed by atoms with Gasteiger partial charge in [0.1, 0.15) is 0 Å². The third-order valence-electron chi connectivity index (χ3n) is 4.53. The van der Waals surface area contributed by atoms with Gasteiger partial charge in [0.25, 0.3) is 0 Å². The van der Waals surface area contributed by atoms with Crippen molar-refractivity contribution in [2.75, 3.05) is 27.7 Å². The molecule has 0 N–H and O–H groups in total. The molecule has 0 unspecified atom stereocenters. The molecule has 3 rings (SSSR count). The number of hydrogen-bond acceptors (Lipinski definition) is 0. The Kier molecular flexibility index (Phi) is 6.79. The maximum atomic E-state index is 2.34. The van der Waals surface area contributed by atoms with Crippen molar-refractivity contribution >= 4 is 10.9 Å². The number of rotatable bonds is 7. The van der Waals surface area contributed by atoms with Gasteiger partial charge in [-0.05, 0) is 29.5 Å². The average Bonchev–Trinajstić information content (AvgIpc) is 2.96. The summed E-state index contributed by atoms with van der Waals surface area (Å²) < 4.78 is 5.67. The highest BCUT2D eigenvalue weighted by Gasteiger charge is 2.09. The number of benzene rings is 1. The van der Waals surface area contributed by atoms with Gasteiger partial charge in [-0.2, -0.15) is 0 Å². The highest BCUT2D eigenvalue weighted by atomic mass is 79.9. The Morgan fingerprint density at radius 1 is 0.960 bits per heavy atom. The zero-order valence-electron chi connectivity index (χ0n) is 15.5. The van der Waals surface area contributed by atoms with Crippen LogP contribution < -0.4 is 21.5 Å². The van der Waals surface area contributed by atoms with E-state index in [1.54, 1.807) is 0 Å². The van der Waals surface area contributed by atoms with Gasteiger partial charge < -0.3 is 26.0 Å². The lowest BCUT2D eigenvalue weighted by molar-refractivity contribution is -0.873. The normalized spacial score (nSPS) is 11.5. The van der Waals surface area contributed by atoms with E-state index in [2.05, 4.69) is 91.3 Å². The van der Waals surface area contributed by atoms with Crippen LogP contribution >= 0.6 is 0 Å². The third kappa shape index (κ3) is 5.68. The second-order valence-electron chi connectivity index (χ2n) is 7.63. The number of fused-ring (bicyclic) bond motifs is 1. The van der Waals surface area contributed by atoms with E-state index >= 15 is 0 Å². The average molecular weight is 403 g/mol. The largest absolute Gasteiger partial charge is 1.00 e. The molecule has 0 saturated carbocycles. The molecule has 3 nitrogen and oxygen atoms in total. The van der Waals surface area contributed by atoms with Crippen molar-refractivity contribution in [3.05, 3.63) is 66.6 Å². The Balaban J connectivity index is 0.00000225. The minimum absolute atomic E-state index is 0. The van der Waals surface area contributed by atoms with Crippen LogP contribution in [-0.2, 0) is 19.5 Å². The van der Waals surface area contributed by atoms with E-state index in [0.29, 0.717) is 0 Å². The first kappa shape index (κ1) is 19.7. The fraction of sp³-hybridized carbons (Fsp3) is 0.381. The molecule has 0 bridgehead atoms. The van der Waals surface area contributed by atoms with Gasteiger partial charge in [-0.3, -0.25) is 0 Å². The number of nitrogens with zero attached hydrogens (tertiary/aromatic N) is 3. The maximum Gasteiger partial charge on any atom is 0.169 e. The molecule has 1 aromatic carbocycles. The molecular weight excluding hydrogens is 374 g/mol. The number of halogens is 1. The number of quaternary nitrogens is 1. The lowest BCUT2D eigenvalue weighted by Crippen LogP contribution is -3.00. The van der Waals surface area contributed by atoms with E-state index in [1.165, 1.54) is 29.4 Å². The van der Waals surface area contributed by atoms with E-state index in [-0.39, 0.29) is 17.0 Å². The van der Waals surface area contributed by atoms with Gasteiger partial charge >= 0.3 is 0 Å². The summed E-state index contributed by atoms with van der Waals surface area (Å²) in [7, 11) is 6.75. The highest BCUT2D eigenvalue weighted by molar-refractivity contribution is 5.79. The Morgan fingerprint density at radius 2 is 1.68 bits per heavy atom. The lowest BCUT2D eigenvalue weighted by atomic mass is 10.2. The highest BCUT2D eigenvalue weighted by Crippen LogP contribution is 2.15. The van der Waals surface area contributed by atoms with Gasteiger partial charge in [0.15, 0.2) is 18.9 Å². The van der Waals surface area contributed by atoms with Crippen LogP contribution in [0.15, 0.2) is 61.1 Å². The summed E-state index contributed by atoms with van der Waals surface area (Å²) >= 11 is 0. The van der Waals surface area contributed by atoms with Crippen molar-refractivity contribution in [1.82, 2.24) is 4.57 Å². The monoisotopic (exact) mass is 402 g/mol. The molecule has 0 fully saturated rings. The van der Waals surface area contributed by atoms with Crippen LogP contribution in [0.3, 0.4) is 0 Å². The van der Waals surface area contributed by atoms with Crippen LogP contribution in [0.4, 0.5) is 0 Å². The molecule has 0 radical (unpaired) electrons. The molecule has 0 spiro atoms. The van der Waals surface area contributed by atoms with Crippen molar-refractivity contribution in [2.45, 2.75) is 25.9 Å². The minimum atomic E-state index is 0. The van der Waals surface area contributed by atoms with Crippen LogP contribution in [0, 0.1) is 0 Å². The zero-order valence-corrected chi connectivity index (χ0v) is 17.1. The second-order valence-corrected chi connectivity index (χ2v) is 7.63. The summed E-state index contributed by atoms with van der Waals surface area (Å²) in [6.45, 7) is 3.33. The smallest absolute Gasteiger partial charge is 0.169 e. The first-order valence-corrected chi connectivity index (χ1v) is 8.84. The van der Waals surface area contributed by atoms with Crippen molar-refractivity contribution < 1.29 is 26.0 Å². The molecule has 0 atom stereocenters. The molecule has 0 amide bonds. The summed E-state index contributed by atoms with van der Waals surface area (Å²) in [6, 6.07) is 15.3. The minimum Gasteiger partial charge on any atom is -1.00 e. The molecular formula is C21H29BrN3+. The van der Waals surface area contributed by atoms with Crippen molar-refractivity contribution in [1.29, 1.82) is 0 Å². The van der Waals surface area contributed by atoms with Crippen LogP contribution in [0.1, 0.15) is 12.0 Å². The van der Waals surface area contributed by atoms with Crippen LogP contribution in [0.5, 0.6) is 0 Å². The summed E-state index contributed by atoms with van der Waals surface area (Å²) in [5, 5.41) is 1.32. The van der Waals surface area contributed by atoms with Crippen molar-refractivity contribution in [3.8, 4) is 0 Å². The summed E-state index contributed by atoms with van der Waals surface area (Å²) in [4.78, 5) is 0. The molecule has 2 aromatic heterocycles. The SMILES string of the molecule is C[N+](C)(C)CCC[n+]1ccc(CCn2ccc3ccccc32)cc1.[Br-]. The molecule has 3 aromatic rings. The van der Waals surface area contributed by atoms with E-state index in [0.717, 1.165) is 24.0 Å². The number of aromatic nitrogens is 2. The molecule has 134 valence electrons. The summed E-state index contributed by atoms with van der Waals surface area (Å²) in [5.74, 6) is 0. The predicted molar refractivity (Wildman–Crippen MR) is 99.8 cm³/mol. The molecule has 0 aliphatic rings. The van der Waals surface area contributed by atoms with Crippen LogP contribution in [0.25, 0.3) is 10.9 Å². The van der Waals surface area contributed by atoms with Gasteiger partial charge in [-0.25, -0.2) is 4.57 Å². The molecule has 2 heterocycles. The number of para-hydroxylation sites is 1. The Hall–Kier alpha value is -1.65. The molecule has 4 heteroatoms. The first-order valence-electron chi connectivity index (χ1n) is 8.84. The van der Waals surface area contributed by atoms with Crippen LogP contribution in [-0.4, -0.2) is 36.7 Å². The molecule has 0 aliphatic carbocycles. The van der Waals surface area contributed by atoms with Gasteiger partial charge in [-0.1, -0.05) is 18.2 Å². The standard InChI is InChI=1S/C21H29N3.BrH/c1-24(2,3)18-6-13-22-14-9-19(10-15-22)11-16-23-17-12-20-7-4-5-8-21(20)23;/h4-5,7-10,12,14-15,17H,6,11,13,16,18H2,1-3H3;1H/q+2;/p-1. The van der Waals surface area contributed by atoms with Gasteiger partial charge in [-0.15, -0.1) is 0 Å². The van der Waals surface area contributed by atoms with E-state index < -0.39 is 0 Å². The Morgan fingerprint density at radius 3 is 2.40 bits per heavy atom. The molecule has 25 heavy (non-hydrogen) atoms. The summed E-state index contributed by atoms with van der Waals surface area (Å²) in [6.07, 6.45) is 8.91. The van der Waals surface area contributed by atoms with Crippen molar-refractivity contribution in [3.63, 3.8) is 0 Å². The van der Waals surface area contributed by atoms with E-state index in [4.69, 9.17) is 0 Å². The van der Waals surface area contributed by atoms with Gasteiger partial charge in [0.2, 0.25) is 0 Å². The first-order chi connectivity index (χ1) is 11.5. The second kappa shape index (κ2) is 8.63. The lowest BCUT2D eigenvalue weighted by Gasteiger charge is -2.22. The van der Waals surface area contributed by atoms with E-state index in [1.807, 2.05) is 0 Å². The van der Waals surface area contributed by atoms with Gasteiger partial charge in [0, 0.05) is 30.4 Å². The van der Waals surface area contributed by atoms with Crippen molar-refractivity contribution in [2.24, 2.45) is 0 Å². The fourth-order valence-corrected chi connectivity index (χ4v) is 3.12. The van der Waals surface area contributed by atoms with Crippen LogP contribution in [0.2, 0.25) is 0 Å². The topological polar surface area (TPSA) is 8.81 Å². The number of aryl methyl sites for hydroxylation is 3. The number of hydrogen-bond donors (Lipinski definition) is 0. The number of pyridine rings is 1. The summed E-state index contributed by atoms with van der Waals surface area (Å²) in [5.41, 5.74) is 2.72. The molecule has 0 aliphatic heterocycles. The third-order valence-corrected chi connectivity index (χ3v) is 4.53. The maximum absolute atomic E-state index is 2.34.